The maximum atomic E-state index is 13.2. The first kappa shape index (κ1) is 19.6. The Morgan fingerprint density at radius 1 is 1.15 bits per heavy atom. The molecule has 6 nitrogen and oxygen atoms in total. The van der Waals surface area contributed by atoms with Crippen molar-refractivity contribution in [2.24, 2.45) is 5.92 Å². The molecule has 1 aromatic carbocycles. The molecule has 2 rings (SSSR count). The van der Waals surface area contributed by atoms with E-state index in [1.807, 2.05) is 0 Å². The number of thiophene rings is 1. The summed E-state index contributed by atoms with van der Waals surface area (Å²) in [7, 11) is 0. The van der Waals surface area contributed by atoms with Crippen molar-refractivity contribution in [3.8, 4) is 0 Å². The van der Waals surface area contributed by atoms with Crippen molar-refractivity contribution in [2.75, 3.05) is 5.32 Å². The van der Waals surface area contributed by atoms with Gasteiger partial charge in [-0.15, -0.1) is 11.3 Å². The van der Waals surface area contributed by atoms with E-state index in [9.17, 15) is 23.9 Å². The lowest BCUT2D eigenvalue weighted by molar-refractivity contribution is -0.140. The molecule has 1 aromatic heterocycles. The minimum atomic E-state index is -1.11. The Hall–Kier alpha value is -2.74. The Labute approximate surface area is 154 Å². The van der Waals surface area contributed by atoms with Gasteiger partial charge in [0, 0.05) is 5.56 Å². The minimum Gasteiger partial charge on any atom is -0.480 e. The van der Waals surface area contributed by atoms with Gasteiger partial charge in [-0.1, -0.05) is 19.9 Å². The van der Waals surface area contributed by atoms with Crippen LogP contribution >= 0.6 is 11.3 Å². The summed E-state index contributed by atoms with van der Waals surface area (Å²) in [5.74, 6) is -2.91. The maximum absolute atomic E-state index is 13.2. The fourth-order valence-corrected chi connectivity index (χ4v) is 3.27. The molecule has 138 valence electrons. The molecule has 26 heavy (non-hydrogen) atoms. The standard InChI is InChI=1S/C18H19FN2O4S/c1-9(2)14(18(24)25)21-17(23)15-10(3)7-13(26-15)20-16(22)11-5-4-6-12(19)8-11/h4-9,14H,1-3H3,(H,20,22)(H,21,23)(H,24,25)/t14-/m1/s1. The summed E-state index contributed by atoms with van der Waals surface area (Å²) in [6, 6.07) is 5.87. The van der Waals surface area contributed by atoms with Crippen LogP contribution in [0.2, 0.25) is 0 Å². The van der Waals surface area contributed by atoms with Crippen molar-refractivity contribution in [3.05, 3.63) is 52.2 Å². The zero-order chi connectivity index (χ0) is 19.4. The quantitative estimate of drug-likeness (QED) is 0.719. The fraction of sp³-hybridized carbons (Fsp3) is 0.278. The van der Waals surface area contributed by atoms with Gasteiger partial charge in [0.05, 0.1) is 9.88 Å². The number of benzene rings is 1. The van der Waals surface area contributed by atoms with Crippen LogP contribution in [0.25, 0.3) is 0 Å². The van der Waals surface area contributed by atoms with Crippen molar-refractivity contribution in [2.45, 2.75) is 26.8 Å². The molecule has 1 atom stereocenters. The van der Waals surface area contributed by atoms with Crippen LogP contribution in [0.15, 0.2) is 30.3 Å². The van der Waals surface area contributed by atoms with Gasteiger partial charge < -0.3 is 15.7 Å². The van der Waals surface area contributed by atoms with Crippen LogP contribution < -0.4 is 10.6 Å². The fourth-order valence-electron chi connectivity index (χ4n) is 2.30. The lowest BCUT2D eigenvalue weighted by Gasteiger charge is -2.17. The summed E-state index contributed by atoms with van der Waals surface area (Å²) < 4.78 is 13.2. The van der Waals surface area contributed by atoms with Gasteiger partial charge in [0.1, 0.15) is 11.9 Å². The van der Waals surface area contributed by atoms with E-state index in [2.05, 4.69) is 10.6 Å². The molecule has 0 bridgehead atoms. The number of halogens is 1. The van der Waals surface area contributed by atoms with Gasteiger partial charge >= 0.3 is 5.97 Å². The van der Waals surface area contributed by atoms with Gasteiger partial charge in [-0.2, -0.15) is 0 Å². The molecule has 1 heterocycles. The van der Waals surface area contributed by atoms with Crippen LogP contribution in [0.5, 0.6) is 0 Å². The third-order valence-electron chi connectivity index (χ3n) is 3.67. The van der Waals surface area contributed by atoms with Crippen LogP contribution in [0.4, 0.5) is 9.39 Å². The van der Waals surface area contributed by atoms with Gasteiger partial charge in [-0.25, -0.2) is 9.18 Å². The van der Waals surface area contributed by atoms with Crippen molar-refractivity contribution in [1.29, 1.82) is 0 Å². The molecule has 0 aliphatic carbocycles. The number of nitrogens with one attached hydrogen (secondary N) is 2. The molecule has 0 aliphatic rings. The Morgan fingerprint density at radius 3 is 2.42 bits per heavy atom. The predicted octanol–water partition coefficient (Wildman–Crippen LogP) is 3.29. The number of aliphatic carboxylic acids is 1. The lowest BCUT2D eigenvalue weighted by Crippen LogP contribution is -2.44. The molecule has 0 radical (unpaired) electrons. The molecule has 0 aliphatic heterocycles. The minimum absolute atomic E-state index is 0.160. The highest BCUT2D eigenvalue weighted by Crippen LogP contribution is 2.27. The van der Waals surface area contributed by atoms with Gasteiger partial charge in [0.25, 0.3) is 11.8 Å². The number of rotatable bonds is 6. The lowest BCUT2D eigenvalue weighted by atomic mass is 10.0. The Morgan fingerprint density at radius 2 is 1.85 bits per heavy atom. The van der Waals surface area contributed by atoms with E-state index in [1.165, 1.54) is 18.2 Å². The normalized spacial score (nSPS) is 11.9. The number of aryl methyl sites for hydroxylation is 1. The van der Waals surface area contributed by atoms with E-state index in [-0.39, 0.29) is 11.5 Å². The van der Waals surface area contributed by atoms with Gasteiger partial charge in [0.2, 0.25) is 0 Å². The maximum Gasteiger partial charge on any atom is 0.326 e. The van der Waals surface area contributed by atoms with Crippen molar-refractivity contribution in [3.63, 3.8) is 0 Å². The molecule has 0 fully saturated rings. The van der Waals surface area contributed by atoms with Gasteiger partial charge in [-0.05, 0) is 42.7 Å². The monoisotopic (exact) mass is 378 g/mol. The molecule has 0 spiro atoms. The highest BCUT2D eigenvalue weighted by Gasteiger charge is 2.25. The number of amides is 2. The number of carbonyl (C=O) groups is 3. The number of carboxylic acids is 1. The SMILES string of the molecule is Cc1cc(NC(=O)c2cccc(F)c2)sc1C(=O)N[C@@H](C(=O)O)C(C)C. The summed E-state index contributed by atoms with van der Waals surface area (Å²) in [4.78, 5) is 36.1. The molecule has 0 saturated carbocycles. The van der Waals surface area contributed by atoms with Gasteiger partial charge in [-0.3, -0.25) is 9.59 Å². The van der Waals surface area contributed by atoms with E-state index in [0.717, 1.165) is 17.4 Å². The van der Waals surface area contributed by atoms with Gasteiger partial charge in [0.15, 0.2) is 0 Å². The molecular weight excluding hydrogens is 359 g/mol. The summed E-state index contributed by atoms with van der Waals surface area (Å²) in [5, 5.41) is 14.7. The van der Waals surface area contributed by atoms with Crippen molar-refractivity contribution >= 4 is 34.1 Å². The third-order valence-corrected chi connectivity index (χ3v) is 4.82. The van der Waals surface area contributed by atoms with E-state index >= 15 is 0 Å². The van der Waals surface area contributed by atoms with Crippen molar-refractivity contribution in [1.82, 2.24) is 5.32 Å². The first-order valence-corrected chi connectivity index (χ1v) is 8.71. The first-order valence-electron chi connectivity index (χ1n) is 7.90. The predicted molar refractivity (Wildman–Crippen MR) is 97.1 cm³/mol. The molecule has 2 aromatic rings. The van der Waals surface area contributed by atoms with E-state index in [4.69, 9.17) is 0 Å². The number of carbonyl (C=O) groups excluding carboxylic acids is 2. The van der Waals surface area contributed by atoms with Crippen LogP contribution in [0, 0.1) is 18.7 Å². The van der Waals surface area contributed by atoms with Crippen LogP contribution in [-0.2, 0) is 4.79 Å². The Balaban J connectivity index is 2.14. The van der Waals surface area contributed by atoms with Crippen LogP contribution in [0.1, 0.15) is 39.4 Å². The molecule has 3 N–H and O–H groups in total. The summed E-state index contributed by atoms with van der Waals surface area (Å²) in [6.07, 6.45) is 0. The third kappa shape index (κ3) is 4.66. The second-order valence-electron chi connectivity index (χ2n) is 6.12. The first-order chi connectivity index (χ1) is 12.2. The molecular formula is C18H19FN2O4S. The smallest absolute Gasteiger partial charge is 0.326 e. The van der Waals surface area contributed by atoms with E-state index in [0.29, 0.717) is 15.4 Å². The van der Waals surface area contributed by atoms with E-state index < -0.39 is 29.6 Å². The number of carboxylic acid groups (broad SMARTS) is 1. The topological polar surface area (TPSA) is 95.5 Å². The molecule has 0 unspecified atom stereocenters. The Bertz CT molecular complexity index is 847. The average molecular weight is 378 g/mol. The number of hydrogen-bond donors (Lipinski definition) is 3. The molecule has 0 saturated heterocycles. The van der Waals surface area contributed by atoms with Crippen molar-refractivity contribution < 1.29 is 23.9 Å². The molecule has 2 amide bonds. The number of hydrogen-bond acceptors (Lipinski definition) is 4. The average Bonchev–Trinajstić information content (AvgIpc) is 2.92. The summed E-state index contributed by atoms with van der Waals surface area (Å²) in [6.45, 7) is 5.09. The second-order valence-corrected chi connectivity index (χ2v) is 7.17. The molecule has 8 heteroatoms. The largest absolute Gasteiger partial charge is 0.480 e. The summed E-state index contributed by atoms with van der Waals surface area (Å²) >= 11 is 1.03. The second kappa shape index (κ2) is 8.09. The van der Waals surface area contributed by atoms with Crippen LogP contribution in [-0.4, -0.2) is 28.9 Å². The van der Waals surface area contributed by atoms with E-state index in [1.54, 1.807) is 26.8 Å². The summed E-state index contributed by atoms with van der Waals surface area (Å²) in [5.41, 5.74) is 0.766. The number of anilines is 1. The zero-order valence-corrected chi connectivity index (χ0v) is 15.3. The highest BCUT2D eigenvalue weighted by atomic mass is 32.1. The zero-order valence-electron chi connectivity index (χ0n) is 14.5. The highest BCUT2D eigenvalue weighted by molar-refractivity contribution is 7.18. The Kier molecular flexibility index (Phi) is 6.10. The van der Waals surface area contributed by atoms with Crippen LogP contribution in [0.3, 0.4) is 0 Å².